The third-order valence-electron chi connectivity index (χ3n) is 2.35. The molecule has 0 atom stereocenters. The number of aromatic nitrogens is 1. The zero-order valence-corrected chi connectivity index (χ0v) is 10.9. The Hall–Kier alpha value is -2.30. The first-order valence-corrected chi connectivity index (χ1v) is 6.63. The van der Waals surface area contributed by atoms with E-state index in [0.29, 0.717) is 18.3 Å². The van der Waals surface area contributed by atoms with Crippen molar-refractivity contribution in [1.29, 1.82) is 0 Å². The largest absolute Gasteiger partial charge is 0.372 e. The van der Waals surface area contributed by atoms with E-state index in [1.807, 2.05) is 0 Å². The summed E-state index contributed by atoms with van der Waals surface area (Å²) in [5.74, 6) is -15.2. The van der Waals surface area contributed by atoms with Crippen LogP contribution in [-0.2, 0) is 10.1 Å². The Morgan fingerprint density at radius 1 is 0.818 bits per heavy atom. The fraction of sp³-hybridized carbons (Fsp3) is 0. The number of benzene rings is 1. The van der Waals surface area contributed by atoms with E-state index in [1.54, 1.807) is 0 Å². The van der Waals surface area contributed by atoms with Crippen LogP contribution in [0.15, 0.2) is 23.2 Å². The molecule has 0 radical (unpaired) electrons. The lowest BCUT2D eigenvalue weighted by molar-refractivity contribution is 0.346. The van der Waals surface area contributed by atoms with Crippen LogP contribution in [0, 0.1) is 35.0 Å². The van der Waals surface area contributed by atoms with Gasteiger partial charge in [0.1, 0.15) is 4.90 Å². The quantitative estimate of drug-likeness (QED) is 0.283. The molecule has 0 aliphatic rings. The molecule has 4 nitrogen and oxygen atoms in total. The predicted octanol–water partition coefficient (Wildman–Crippen LogP) is 2.68. The molecule has 0 amide bonds. The number of nitrogens with zero attached hydrogens (tertiary/aromatic N) is 1. The normalized spacial score (nSPS) is 11.5. The maximum atomic E-state index is 13.3. The Bertz CT molecular complexity index is 809. The number of halogens is 6. The highest BCUT2D eigenvalue weighted by atomic mass is 32.2. The molecule has 0 bridgehead atoms. The lowest BCUT2D eigenvalue weighted by Crippen LogP contribution is -2.14. The van der Waals surface area contributed by atoms with E-state index in [0.717, 1.165) is 0 Å². The average molecular weight is 343 g/mol. The lowest BCUT2D eigenvalue weighted by atomic mass is 10.3. The van der Waals surface area contributed by atoms with Gasteiger partial charge in [-0.25, -0.2) is 18.2 Å². The molecule has 1 aromatic heterocycles. The zero-order chi connectivity index (χ0) is 16.7. The third kappa shape index (κ3) is 2.71. The van der Waals surface area contributed by atoms with Gasteiger partial charge in [0.2, 0.25) is 40.8 Å². The monoisotopic (exact) mass is 343 g/mol. The molecule has 22 heavy (non-hydrogen) atoms. The summed E-state index contributed by atoms with van der Waals surface area (Å²) in [7, 11) is -4.99. The number of pyridine rings is 1. The second-order valence-electron chi connectivity index (χ2n) is 3.75. The van der Waals surface area contributed by atoms with Crippen molar-refractivity contribution in [3.8, 4) is 5.75 Å². The molecule has 2 rings (SSSR count). The van der Waals surface area contributed by atoms with Crippen LogP contribution < -0.4 is 4.18 Å². The average Bonchev–Trinajstić information content (AvgIpc) is 2.48. The first-order chi connectivity index (χ1) is 10.1. The van der Waals surface area contributed by atoms with Crippen LogP contribution >= 0.6 is 0 Å². The van der Waals surface area contributed by atoms with E-state index in [2.05, 4.69) is 9.17 Å². The highest BCUT2D eigenvalue weighted by Gasteiger charge is 2.31. The lowest BCUT2D eigenvalue weighted by Gasteiger charge is -2.10. The van der Waals surface area contributed by atoms with Crippen LogP contribution in [0.3, 0.4) is 0 Å². The Morgan fingerprint density at radius 2 is 1.32 bits per heavy atom. The molecule has 11 heteroatoms. The van der Waals surface area contributed by atoms with E-state index in [4.69, 9.17) is 0 Å². The molecule has 0 N–H and O–H groups in total. The predicted molar refractivity (Wildman–Crippen MR) is 58.2 cm³/mol. The number of hydrogen-bond acceptors (Lipinski definition) is 4. The molecular weight excluding hydrogens is 340 g/mol. The minimum Gasteiger partial charge on any atom is -0.372 e. The van der Waals surface area contributed by atoms with Gasteiger partial charge in [-0.1, -0.05) is 0 Å². The molecule has 0 spiro atoms. The van der Waals surface area contributed by atoms with Crippen LogP contribution in [0.2, 0.25) is 0 Å². The van der Waals surface area contributed by atoms with Crippen molar-refractivity contribution in [3.63, 3.8) is 0 Å². The topological polar surface area (TPSA) is 56.3 Å². The summed E-state index contributed by atoms with van der Waals surface area (Å²) in [5.41, 5.74) is 0. The molecule has 1 heterocycles. The van der Waals surface area contributed by atoms with Crippen molar-refractivity contribution in [1.82, 2.24) is 4.98 Å². The van der Waals surface area contributed by atoms with Gasteiger partial charge in [-0.15, -0.1) is 0 Å². The molecule has 0 unspecified atom stereocenters. The molecule has 0 aliphatic heterocycles. The van der Waals surface area contributed by atoms with Crippen molar-refractivity contribution >= 4 is 10.1 Å². The van der Waals surface area contributed by atoms with E-state index < -0.39 is 55.8 Å². The van der Waals surface area contributed by atoms with Crippen molar-refractivity contribution < 1.29 is 38.9 Å². The zero-order valence-electron chi connectivity index (χ0n) is 10.1. The van der Waals surface area contributed by atoms with Gasteiger partial charge in [0, 0.05) is 0 Å². The van der Waals surface area contributed by atoms with E-state index >= 15 is 0 Å². The minimum atomic E-state index is -4.99. The summed E-state index contributed by atoms with van der Waals surface area (Å²) in [5, 5.41) is 0. The fourth-order valence-corrected chi connectivity index (χ4v) is 2.20. The summed E-state index contributed by atoms with van der Waals surface area (Å²) in [6, 6.07) is 1.22. The van der Waals surface area contributed by atoms with E-state index in [9.17, 15) is 34.8 Å². The highest BCUT2D eigenvalue weighted by molar-refractivity contribution is 7.87. The Labute approximate surface area is 119 Å². The van der Waals surface area contributed by atoms with Gasteiger partial charge in [-0.05, 0) is 12.1 Å². The fourth-order valence-electron chi connectivity index (χ4n) is 1.33. The van der Waals surface area contributed by atoms with E-state index in [1.165, 1.54) is 0 Å². The molecular formula is C11H3F6NO3S. The van der Waals surface area contributed by atoms with Gasteiger partial charge in [-0.3, -0.25) is 0 Å². The summed E-state index contributed by atoms with van der Waals surface area (Å²) >= 11 is 0. The van der Waals surface area contributed by atoms with Gasteiger partial charge >= 0.3 is 10.1 Å². The first kappa shape index (κ1) is 16.1. The van der Waals surface area contributed by atoms with Crippen LogP contribution in [0.5, 0.6) is 5.75 Å². The molecule has 0 saturated heterocycles. The maximum Gasteiger partial charge on any atom is 0.340 e. The molecule has 118 valence electrons. The standard InChI is InChI=1S/C11H3F6NO3S/c12-5-2-1-4(3-18-5)22(19,20)21-11-9(16)7(14)6(13)8(15)10(11)17/h1-3H. The van der Waals surface area contributed by atoms with Gasteiger partial charge in [0.05, 0.1) is 6.20 Å². The summed E-state index contributed by atoms with van der Waals surface area (Å²) < 4.78 is 105. The number of hydrogen-bond donors (Lipinski definition) is 0. The van der Waals surface area contributed by atoms with Crippen molar-refractivity contribution in [3.05, 3.63) is 53.4 Å². The Balaban J connectivity index is 2.53. The third-order valence-corrected chi connectivity index (χ3v) is 3.56. The maximum absolute atomic E-state index is 13.3. The minimum absolute atomic E-state index is 0.441. The smallest absolute Gasteiger partial charge is 0.340 e. The van der Waals surface area contributed by atoms with Gasteiger partial charge in [0.15, 0.2) is 0 Å². The van der Waals surface area contributed by atoms with Crippen LogP contribution in [0.1, 0.15) is 0 Å². The molecule has 2 aromatic rings. The van der Waals surface area contributed by atoms with Gasteiger partial charge in [0.25, 0.3) is 0 Å². The molecule has 0 saturated carbocycles. The molecule has 0 aliphatic carbocycles. The summed E-state index contributed by atoms with van der Waals surface area (Å²) in [6.07, 6.45) is 0.441. The molecule has 1 aromatic carbocycles. The first-order valence-electron chi connectivity index (χ1n) is 5.22. The summed E-state index contributed by atoms with van der Waals surface area (Å²) in [4.78, 5) is 2.11. The SMILES string of the molecule is O=S(=O)(Oc1c(F)c(F)c(F)c(F)c1F)c1ccc(F)nc1. The van der Waals surface area contributed by atoms with Crippen LogP contribution in [0.4, 0.5) is 26.3 Å². The van der Waals surface area contributed by atoms with Crippen LogP contribution in [-0.4, -0.2) is 13.4 Å². The van der Waals surface area contributed by atoms with Crippen LogP contribution in [0.25, 0.3) is 0 Å². The van der Waals surface area contributed by atoms with Crippen molar-refractivity contribution in [2.45, 2.75) is 4.90 Å². The Kier molecular flexibility index (Phi) is 4.00. The van der Waals surface area contributed by atoms with Crippen molar-refractivity contribution in [2.75, 3.05) is 0 Å². The molecule has 0 fully saturated rings. The summed E-state index contributed by atoms with van der Waals surface area (Å²) in [6.45, 7) is 0. The van der Waals surface area contributed by atoms with Gasteiger partial charge in [-0.2, -0.15) is 21.6 Å². The number of rotatable bonds is 3. The Morgan fingerprint density at radius 3 is 1.77 bits per heavy atom. The van der Waals surface area contributed by atoms with E-state index in [-0.39, 0.29) is 0 Å². The second-order valence-corrected chi connectivity index (χ2v) is 5.30. The van der Waals surface area contributed by atoms with Crippen molar-refractivity contribution in [2.24, 2.45) is 0 Å². The second kappa shape index (κ2) is 5.48. The van der Waals surface area contributed by atoms with Gasteiger partial charge < -0.3 is 4.18 Å². The highest BCUT2D eigenvalue weighted by Crippen LogP contribution is 2.31.